The normalized spacial score (nSPS) is 23.2. The molecule has 1 aliphatic carbocycles. The van der Waals surface area contributed by atoms with Crippen LogP contribution in [0.5, 0.6) is 0 Å². The zero-order valence-electron chi connectivity index (χ0n) is 35.4. The van der Waals surface area contributed by atoms with Crippen LogP contribution in [0, 0.1) is 0 Å². The predicted molar refractivity (Wildman–Crippen MR) is 226 cm³/mol. The molecule has 0 radical (unpaired) electrons. The maximum atomic E-state index is 12.8. The number of hydrogen-bond acceptors (Lipinski definition) is 11. The summed E-state index contributed by atoms with van der Waals surface area (Å²) in [6.45, 7) is 4.14. The van der Waals surface area contributed by atoms with Crippen molar-refractivity contribution in [2.24, 2.45) is 0 Å². The van der Waals surface area contributed by atoms with E-state index in [0.29, 0.717) is 13.0 Å². The van der Waals surface area contributed by atoms with Crippen molar-refractivity contribution in [1.29, 1.82) is 0 Å². The van der Waals surface area contributed by atoms with E-state index in [1.54, 1.807) is 0 Å². The number of rotatable bonds is 37. The molecular weight excluding hydrogens is 751 g/mol. The second-order valence-electron chi connectivity index (χ2n) is 15.5. The Bertz CT molecular complexity index is 1090. The van der Waals surface area contributed by atoms with E-state index < -0.39 is 63.1 Å². The van der Waals surface area contributed by atoms with E-state index in [1.807, 2.05) is 0 Å². The molecule has 334 valence electrons. The molecule has 0 aromatic rings. The highest BCUT2D eigenvalue weighted by atomic mass is 31.2. The van der Waals surface area contributed by atoms with Gasteiger partial charge in [0, 0.05) is 13.0 Å². The third-order valence-electron chi connectivity index (χ3n) is 10.3. The maximum absolute atomic E-state index is 12.8. The van der Waals surface area contributed by atoms with Crippen molar-refractivity contribution in [1.82, 2.24) is 0 Å². The third kappa shape index (κ3) is 27.9. The second-order valence-corrected chi connectivity index (χ2v) is 16.9. The van der Waals surface area contributed by atoms with E-state index >= 15 is 0 Å². The van der Waals surface area contributed by atoms with Crippen molar-refractivity contribution in [3.05, 3.63) is 36.5 Å². The molecule has 6 atom stereocenters. The Labute approximate surface area is 344 Å². The molecular formula is C44H81O12P. The largest absolute Gasteiger partial charge is 0.472 e. The van der Waals surface area contributed by atoms with Crippen LogP contribution in [-0.4, -0.2) is 98.9 Å². The third-order valence-corrected chi connectivity index (χ3v) is 11.3. The highest BCUT2D eigenvalue weighted by molar-refractivity contribution is 7.47. The lowest BCUT2D eigenvalue weighted by Gasteiger charge is -2.41. The summed E-state index contributed by atoms with van der Waals surface area (Å²) in [7, 11) is -5.02. The second kappa shape index (κ2) is 35.3. The van der Waals surface area contributed by atoms with Crippen molar-refractivity contribution >= 4 is 13.8 Å². The molecule has 0 bridgehead atoms. The van der Waals surface area contributed by atoms with Gasteiger partial charge in [-0.05, 0) is 44.9 Å². The lowest BCUT2D eigenvalue weighted by atomic mass is 9.85. The molecule has 0 aromatic carbocycles. The minimum Gasteiger partial charge on any atom is -0.457 e. The minimum absolute atomic E-state index is 0.0785. The number of phosphoric ester groups is 1. The number of phosphoric acid groups is 1. The van der Waals surface area contributed by atoms with Crippen LogP contribution in [0.15, 0.2) is 36.5 Å². The van der Waals surface area contributed by atoms with E-state index in [2.05, 4.69) is 50.3 Å². The Balaban J connectivity index is 2.41. The van der Waals surface area contributed by atoms with E-state index in [0.717, 1.165) is 77.0 Å². The first-order valence-electron chi connectivity index (χ1n) is 22.3. The monoisotopic (exact) mass is 833 g/mol. The Morgan fingerprint density at radius 1 is 0.579 bits per heavy atom. The molecule has 0 aromatic heterocycles. The van der Waals surface area contributed by atoms with Crippen LogP contribution in [0.2, 0.25) is 0 Å². The summed E-state index contributed by atoms with van der Waals surface area (Å²) in [6.07, 6.45) is 27.8. The quantitative estimate of drug-likeness (QED) is 0.0151. The van der Waals surface area contributed by atoms with Gasteiger partial charge in [-0.25, -0.2) is 4.57 Å². The summed E-state index contributed by atoms with van der Waals surface area (Å²) in [4.78, 5) is 23.1. The SMILES string of the molecule is CC/C=C\C/C=C\C/C=C\CCCCCCCCCC(=O)OC(COCCCCCCCCCCCCCCC)COP(=O)(O)OC1C(O)C(O)C(O)C(O)C1O. The summed E-state index contributed by atoms with van der Waals surface area (Å²) in [6, 6.07) is 0. The first-order chi connectivity index (χ1) is 27.5. The Morgan fingerprint density at radius 3 is 1.58 bits per heavy atom. The van der Waals surface area contributed by atoms with Gasteiger partial charge >= 0.3 is 13.8 Å². The van der Waals surface area contributed by atoms with Gasteiger partial charge in [-0.1, -0.05) is 159 Å². The molecule has 1 saturated carbocycles. The zero-order chi connectivity index (χ0) is 42.0. The number of aliphatic hydroxyl groups excluding tert-OH is 5. The van der Waals surface area contributed by atoms with Crippen LogP contribution >= 0.6 is 7.82 Å². The van der Waals surface area contributed by atoms with E-state index in [-0.39, 0.29) is 13.0 Å². The lowest BCUT2D eigenvalue weighted by Crippen LogP contribution is -2.64. The number of unbranched alkanes of at least 4 members (excludes halogenated alkanes) is 19. The average Bonchev–Trinajstić information content (AvgIpc) is 3.19. The van der Waals surface area contributed by atoms with Gasteiger partial charge in [0.1, 0.15) is 42.7 Å². The van der Waals surface area contributed by atoms with Crippen molar-refractivity contribution < 1.29 is 58.3 Å². The van der Waals surface area contributed by atoms with Gasteiger partial charge in [0.25, 0.3) is 0 Å². The summed E-state index contributed by atoms with van der Waals surface area (Å²) in [5.41, 5.74) is 0. The minimum atomic E-state index is -5.02. The van der Waals surface area contributed by atoms with Crippen LogP contribution in [0.25, 0.3) is 0 Å². The van der Waals surface area contributed by atoms with Gasteiger partial charge in [-0.15, -0.1) is 0 Å². The van der Waals surface area contributed by atoms with Crippen molar-refractivity contribution in [3.8, 4) is 0 Å². The zero-order valence-corrected chi connectivity index (χ0v) is 36.3. The molecule has 0 saturated heterocycles. The van der Waals surface area contributed by atoms with Crippen LogP contribution in [0.4, 0.5) is 0 Å². The topological polar surface area (TPSA) is 192 Å². The fraction of sp³-hybridized carbons (Fsp3) is 0.841. The van der Waals surface area contributed by atoms with E-state index in [9.17, 15) is 39.8 Å². The first-order valence-corrected chi connectivity index (χ1v) is 23.8. The molecule has 12 nitrogen and oxygen atoms in total. The molecule has 6 N–H and O–H groups in total. The van der Waals surface area contributed by atoms with Crippen LogP contribution in [-0.2, 0) is 27.9 Å². The Hall–Kier alpha value is -1.44. The number of carbonyl (C=O) groups excluding carboxylic acids is 1. The summed E-state index contributed by atoms with van der Waals surface area (Å²) in [5.74, 6) is -0.487. The molecule has 6 unspecified atom stereocenters. The Kier molecular flexibility index (Phi) is 33.2. The van der Waals surface area contributed by atoms with Crippen LogP contribution in [0.1, 0.15) is 174 Å². The molecule has 1 aliphatic rings. The number of allylic oxidation sites excluding steroid dienone is 6. The van der Waals surface area contributed by atoms with Gasteiger partial charge < -0.3 is 39.9 Å². The average molecular weight is 833 g/mol. The van der Waals surface area contributed by atoms with Gasteiger partial charge in [0.2, 0.25) is 0 Å². The number of esters is 1. The standard InChI is InChI=1S/C44H81O12P/c1-3-5-7-9-11-13-15-17-18-19-20-21-23-25-27-29-31-33-38(45)55-37(35-53-34-32-30-28-26-24-22-16-14-12-10-8-6-4-2)36-54-57(51,52)56-44-42(49)40(47)39(46)41(48)43(44)50/h5,7,11,13,17-18,37,39-44,46-50H,3-4,6,8-10,12,14-16,19-36H2,1-2H3,(H,51,52)/b7-5-,13-11-,18-17-. The van der Waals surface area contributed by atoms with Gasteiger partial charge in [-0.3, -0.25) is 13.8 Å². The molecule has 57 heavy (non-hydrogen) atoms. The number of ether oxygens (including phenoxy) is 2. The highest BCUT2D eigenvalue weighted by Gasteiger charge is 2.51. The lowest BCUT2D eigenvalue weighted by molar-refractivity contribution is -0.220. The smallest absolute Gasteiger partial charge is 0.457 e. The first kappa shape index (κ1) is 53.6. The molecule has 0 spiro atoms. The summed E-state index contributed by atoms with van der Waals surface area (Å²) >= 11 is 0. The van der Waals surface area contributed by atoms with E-state index in [1.165, 1.54) is 70.6 Å². The maximum Gasteiger partial charge on any atom is 0.472 e. The fourth-order valence-electron chi connectivity index (χ4n) is 6.72. The fourth-order valence-corrected chi connectivity index (χ4v) is 7.70. The van der Waals surface area contributed by atoms with Crippen LogP contribution < -0.4 is 0 Å². The van der Waals surface area contributed by atoms with Crippen LogP contribution in [0.3, 0.4) is 0 Å². The number of hydrogen-bond donors (Lipinski definition) is 6. The van der Waals surface area contributed by atoms with Crippen molar-refractivity contribution in [2.45, 2.75) is 217 Å². The molecule has 1 fully saturated rings. The molecule has 13 heteroatoms. The molecule has 0 aliphatic heterocycles. The van der Waals surface area contributed by atoms with Crippen molar-refractivity contribution in [2.75, 3.05) is 19.8 Å². The molecule has 1 rings (SSSR count). The molecule has 0 amide bonds. The summed E-state index contributed by atoms with van der Waals surface area (Å²) in [5, 5.41) is 50.1. The number of aliphatic hydroxyl groups is 5. The van der Waals surface area contributed by atoms with Gasteiger partial charge in [0.15, 0.2) is 0 Å². The molecule has 0 heterocycles. The van der Waals surface area contributed by atoms with Gasteiger partial charge in [0.05, 0.1) is 13.2 Å². The van der Waals surface area contributed by atoms with Crippen molar-refractivity contribution in [3.63, 3.8) is 0 Å². The number of carbonyl (C=O) groups is 1. The summed E-state index contributed by atoms with van der Waals surface area (Å²) < 4.78 is 34.1. The van der Waals surface area contributed by atoms with Gasteiger partial charge in [-0.2, -0.15) is 0 Å². The van der Waals surface area contributed by atoms with E-state index in [4.69, 9.17) is 18.5 Å². The highest BCUT2D eigenvalue weighted by Crippen LogP contribution is 2.47. The predicted octanol–water partition coefficient (Wildman–Crippen LogP) is 8.70. The Morgan fingerprint density at radius 2 is 1.04 bits per heavy atom.